The normalized spacial score (nSPS) is 12.5. The second kappa shape index (κ2) is 6.90. The summed E-state index contributed by atoms with van der Waals surface area (Å²) in [5.74, 6) is 4.11. The Labute approximate surface area is 135 Å². The van der Waals surface area contributed by atoms with E-state index in [0.717, 1.165) is 17.7 Å². The summed E-state index contributed by atoms with van der Waals surface area (Å²) < 4.78 is 27.4. The van der Waals surface area contributed by atoms with E-state index in [4.69, 9.17) is 40.6 Å². The van der Waals surface area contributed by atoms with Crippen LogP contribution in [0.25, 0.3) is 0 Å². The molecule has 0 saturated heterocycles. The van der Waals surface area contributed by atoms with E-state index >= 15 is 0 Å². The fourth-order valence-electron chi connectivity index (χ4n) is 1.97. The second-order valence-electron chi connectivity index (χ2n) is 4.46. The van der Waals surface area contributed by atoms with Crippen LogP contribution < -0.4 is 11.3 Å². The molecule has 0 amide bonds. The summed E-state index contributed by atoms with van der Waals surface area (Å²) in [5, 5.41) is 0.524. The van der Waals surface area contributed by atoms with E-state index in [2.05, 4.69) is 5.43 Å². The van der Waals surface area contributed by atoms with E-state index in [1.54, 1.807) is 18.2 Å². The lowest BCUT2D eigenvalue weighted by Crippen LogP contribution is -2.30. The van der Waals surface area contributed by atoms with Gasteiger partial charge in [0.05, 0.1) is 21.1 Å². The van der Waals surface area contributed by atoms with Gasteiger partial charge in [-0.2, -0.15) is 0 Å². The third-order valence-electron chi connectivity index (χ3n) is 3.04. The SMILES string of the molecule is NNC(Cc1ccc(Cl)c(Cl)c1)c1cc(F)c(Cl)cc1F. The molecule has 2 aromatic rings. The van der Waals surface area contributed by atoms with Crippen LogP contribution in [-0.2, 0) is 6.42 Å². The van der Waals surface area contributed by atoms with Crippen molar-refractivity contribution in [1.29, 1.82) is 0 Å². The maximum absolute atomic E-state index is 13.9. The molecule has 0 aliphatic carbocycles. The molecule has 0 heterocycles. The number of nitrogens with one attached hydrogen (secondary N) is 1. The zero-order valence-electron chi connectivity index (χ0n) is 10.6. The topological polar surface area (TPSA) is 38.0 Å². The van der Waals surface area contributed by atoms with Crippen LogP contribution in [0.5, 0.6) is 0 Å². The summed E-state index contributed by atoms with van der Waals surface area (Å²) in [4.78, 5) is 0. The Morgan fingerprint density at radius 2 is 1.67 bits per heavy atom. The van der Waals surface area contributed by atoms with E-state index in [-0.39, 0.29) is 10.6 Å². The van der Waals surface area contributed by atoms with Gasteiger partial charge in [-0.25, -0.2) is 8.78 Å². The number of benzene rings is 2. The zero-order chi connectivity index (χ0) is 15.6. The lowest BCUT2D eigenvalue weighted by molar-refractivity contribution is 0.502. The molecule has 0 saturated carbocycles. The molecule has 21 heavy (non-hydrogen) atoms. The van der Waals surface area contributed by atoms with Gasteiger partial charge in [0.2, 0.25) is 0 Å². The summed E-state index contributed by atoms with van der Waals surface area (Å²) in [6.07, 6.45) is 0.311. The van der Waals surface area contributed by atoms with Crippen LogP contribution in [0.15, 0.2) is 30.3 Å². The van der Waals surface area contributed by atoms with Gasteiger partial charge in [0.15, 0.2) is 0 Å². The van der Waals surface area contributed by atoms with Crippen molar-refractivity contribution in [3.8, 4) is 0 Å². The van der Waals surface area contributed by atoms with Crippen molar-refractivity contribution in [2.75, 3.05) is 0 Å². The molecule has 2 rings (SSSR count). The smallest absolute Gasteiger partial charge is 0.142 e. The minimum absolute atomic E-state index is 0.0884. The number of halogens is 5. The molecule has 1 unspecified atom stereocenters. The van der Waals surface area contributed by atoms with Crippen LogP contribution in [0.3, 0.4) is 0 Å². The number of rotatable bonds is 4. The van der Waals surface area contributed by atoms with Gasteiger partial charge in [0, 0.05) is 5.56 Å². The van der Waals surface area contributed by atoms with Gasteiger partial charge in [-0.3, -0.25) is 11.3 Å². The molecular formula is C14H11Cl3F2N2. The number of hydrogen-bond acceptors (Lipinski definition) is 2. The molecule has 2 nitrogen and oxygen atoms in total. The monoisotopic (exact) mass is 350 g/mol. The molecule has 0 fully saturated rings. The molecule has 2 aromatic carbocycles. The maximum Gasteiger partial charge on any atom is 0.142 e. The molecule has 0 aliphatic rings. The highest BCUT2D eigenvalue weighted by Crippen LogP contribution is 2.28. The van der Waals surface area contributed by atoms with Crippen LogP contribution in [0.1, 0.15) is 17.2 Å². The highest BCUT2D eigenvalue weighted by Gasteiger charge is 2.18. The Hall–Kier alpha value is -0.910. The zero-order valence-corrected chi connectivity index (χ0v) is 12.9. The Bertz CT molecular complexity index is 665. The molecule has 7 heteroatoms. The fraction of sp³-hybridized carbons (Fsp3) is 0.143. The first kappa shape index (κ1) is 16.5. The van der Waals surface area contributed by atoms with Crippen LogP contribution in [0.2, 0.25) is 15.1 Å². The Morgan fingerprint density at radius 1 is 0.952 bits per heavy atom. The van der Waals surface area contributed by atoms with Crippen molar-refractivity contribution in [2.24, 2.45) is 5.84 Å². The summed E-state index contributed by atoms with van der Waals surface area (Å²) in [7, 11) is 0. The molecule has 0 aromatic heterocycles. The Morgan fingerprint density at radius 3 is 2.29 bits per heavy atom. The number of nitrogens with two attached hydrogens (primary N) is 1. The predicted octanol–water partition coefficient (Wildman–Crippen LogP) is 4.67. The van der Waals surface area contributed by atoms with Gasteiger partial charge in [-0.05, 0) is 36.2 Å². The van der Waals surface area contributed by atoms with Crippen molar-refractivity contribution < 1.29 is 8.78 Å². The molecule has 1 atom stereocenters. The third kappa shape index (κ3) is 3.84. The molecular weight excluding hydrogens is 341 g/mol. The van der Waals surface area contributed by atoms with Crippen LogP contribution in [0.4, 0.5) is 8.78 Å². The van der Waals surface area contributed by atoms with E-state index in [9.17, 15) is 8.78 Å². The first-order chi connectivity index (χ1) is 9.92. The minimum atomic E-state index is -0.706. The minimum Gasteiger partial charge on any atom is -0.271 e. The van der Waals surface area contributed by atoms with Gasteiger partial charge in [0.1, 0.15) is 11.6 Å². The predicted molar refractivity (Wildman–Crippen MR) is 81.6 cm³/mol. The van der Waals surface area contributed by atoms with Gasteiger partial charge >= 0.3 is 0 Å². The maximum atomic E-state index is 13.9. The first-order valence-electron chi connectivity index (χ1n) is 5.97. The highest BCUT2D eigenvalue weighted by molar-refractivity contribution is 6.42. The Balaban J connectivity index is 2.31. The first-order valence-corrected chi connectivity index (χ1v) is 7.10. The molecule has 0 radical (unpaired) electrons. The quantitative estimate of drug-likeness (QED) is 0.477. The Kier molecular flexibility index (Phi) is 5.41. The van der Waals surface area contributed by atoms with Crippen molar-refractivity contribution in [3.63, 3.8) is 0 Å². The molecule has 0 bridgehead atoms. The average Bonchev–Trinajstić information content (AvgIpc) is 2.44. The molecule has 3 N–H and O–H groups in total. The average molecular weight is 352 g/mol. The standard InChI is InChI=1S/C14H11Cl3F2N2/c15-9-2-1-7(3-10(9)16)4-14(21-20)8-5-13(19)11(17)6-12(8)18/h1-3,5-6,14,21H,4,20H2. The molecule has 112 valence electrons. The summed E-state index contributed by atoms with van der Waals surface area (Å²) in [5.41, 5.74) is 3.33. The van der Waals surface area contributed by atoms with E-state index in [0.29, 0.717) is 16.5 Å². The fourth-order valence-corrected chi connectivity index (χ4v) is 2.44. The number of hydrazine groups is 1. The van der Waals surface area contributed by atoms with E-state index in [1.165, 1.54) is 0 Å². The summed E-state index contributed by atoms with van der Waals surface area (Å²) >= 11 is 17.3. The largest absolute Gasteiger partial charge is 0.271 e. The summed E-state index contributed by atoms with van der Waals surface area (Å²) in [6, 6.07) is 6.34. The van der Waals surface area contributed by atoms with Crippen molar-refractivity contribution >= 4 is 34.8 Å². The van der Waals surface area contributed by atoms with Crippen molar-refractivity contribution in [2.45, 2.75) is 12.5 Å². The van der Waals surface area contributed by atoms with E-state index < -0.39 is 17.7 Å². The van der Waals surface area contributed by atoms with Crippen LogP contribution in [0, 0.1) is 11.6 Å². The van der Waals surface area contributed by atoms with E-state index in [1.807, 2.05) is 0 Å². The van der Waals surface area contributed by atoms with Gasteiger partial charge < -0.3 is 0 Å². The van der Waals surface area contributed by atoms with Crippen LogP contribution in [-0.4, -0.2) is 0 Å². The molecule has 0 aliphatic heterocycles. The van der Waals surface area contributed by atoms with Crippen molar-refractivity contribution in [3.05, 3.63) is 68.2 Å². The second-order valence-corrected chi connectivity index (χ2v) is 5.68. The lowest BCUT2D eigenvalue weighted by Gasteiger charge is -2.18. The van der Waals surface area contributed by atoms with Gasteiger partial charge in [0.25, 0.3) is 0 Å². The number of hydrogen-bond donors (Lipinski definition) is 2. The highest BCUT2D eigenvalue weighted by atomic mass is 35.5. The third-order valence-corrected chi connectivity index (χ3v) is 4.07. The summed E-state index contributed by atoms with van der Waals surface area (Å²) in [6.45, 7) is 0. The van der Waals surface area contributed by atoms with Crippen LogP contribution >= 0.6 is 34.8 Å². The van der Waals surface area contributed by atoms with Gasteiger partial charge in [-0.1, -0.05) is 40.9 Å². The molecule has 0 spiro atoms. The lowest BCUT2D eigenvalue weighted by atomic mass is 9.99. The van der Waals surface area contributed by atoms with Crippen molar-refractivity contribution in [1.82, 2.24) is 5.43 Å². The van der Waals surface area contributed by atoms with Gasteiger partial charge in [-0.15, -0.1) is 0 Å².